The summed E-state index contributed by atoms with van der Waals surface area (Å²) in [5.41, 5.74) is -1.30. The number of rotatable bonds is 4. The van der Waals surface area contributed by atoms with E-state index in [4.69, 9.17) is 4.74 Å². The van der Waals surface area contributed by atoms with E-state index in [0.29, 0.717) is 44.8 Å². The maximum atomic E-state index is 13.6. The van der Waals surface area contributed by atoms with Crippen molar-refractivity contribution in [2.45, 2.75) is 31.3 Å². The summed E-state index contributed by atoms with van der Waals surface area (Å²) in [5.74, 6) is -3.41. The number of benzene rings is 1. The van der Waals surface area contributed by atoms with Crippen LogP contribution in [0.3, 0.4) is 0 Å². The lowest BCUT2D eigenvalue weighted by molar-refractivity contribution is -0.148. The van der Waals surface area contributed by atoms with Crippen molar-refractivity contribution in [1.82, 2.24) is 30.2 Å². The van der Waals surface area contributed by atoms with E-state index in [1.165, 1.54) is 29.2 Å². The molecule has 45 heavy (non-hydrogen) atoms. The number of amidine groups is 1. The maximum absolute atomic E-state index is 13.6. The number of amides is 5. The number of carbonyl (C=O) groups excluding carboxylic acids is 5. The van der Waals surface area contributed by atoms with E-state index in [2.05, 4.69) is 15.6 Å². The highest BCUT2D eigenvalue weighted by atomic mass is 19.1. The van der Waals surface area contributed by atoms with E-state index < -0.39 is 29.1 Å². The van der Waals surface area contributed by atoms with Crippen LogP contribution in [0.2, 0.25) is 0 Å². The van der Waals surface area contributed by atoms with Crippen molar-refractivity contribution in [3.63, 3.8) is 0 Å². The van der Waals surface area contributed by atoms with Gasteiger partial charge in [0.1, 0.15) is 17.4 Å². The summed E-state index contributed by atoms with van der Waals surface area (Å²) in [6.07, 6.45) is 0.919. The Morgan fingerprint density at radius 3 is 2.36 bits per heavy atom. The second kappa shape index (κ2) is 12.5. The Morgan fingerprint density at radius 2 is 1.67 bits per heavy atom. The summed E-state index contributed by atoms with van der Waals surface area (Å²) in [7, 11) is 0. The van der Waals surface area contributed by atoms with Gasteiger partial charge in [-0.15, -0.1) is 0 Å². The predicted octanol–water partition coefficient (Wildman–Crippen LogP) is -0.240. The molecule has 0 aromatic heterocycles. The molecule has 5 amide bonds. The smallest absolute Gasteiger partial charge is 0.320 e. The Bertz CT molecular complexity index is 1450. The molecule has 4 saturated heterocycles. The molecule has 3 N–H and O–H groups in total. The van der Waals surface area contributed by atoms with Crippen LogP contribution in [-0.4, -0.2) is 131 Å². The van der Waals surface area contributed by atoms with Crippen LogP contribution in [0.4, 0.5) is 9.18 Å². The Balaban J connectivity index is 1.16. The number of nitrogens with zero attached hydrogens (tertiary/aromatic N) is 5. The monoisotopic (exact) mass is 625 g/mol. The van der Waals surface area contributed by atoms with Gasteiger partial charge in [-0.3, -0.25) is 19.2 Å². The summed E-state index contributed by atoms with van der Waals surface area (Å²) < 4.78 is 18.6. The third-order valence-electron chi connectivity index (χ3n) is 9.09. The van der Waals surface area contributed by atoms with Crippen molar-refractivity contribution in [1.29, 1.82) is 0 Å². The average molecular weight is 626 g/mol. The van der Waals surface area contributed by atoms with Gasteiger partial charge in [0, 0.05) is 58.8 Å². The third-order valence-corrected chi connectivity index (χ3v) is 9.09. The molecular formula is C30H36FN7O7. The van der Waals surface area contributed by atoms with E-state index in [0.717, 1.165) is 0 Å². The lowest BCUT2D eigenvalue weighted by Gasteiger charge is -2.40. The Morgan fingerprint density at radius 1 is 1.00 bits per heavy atom. The zero-order valence-electron chi connectivity index (χ0n) is 24.8. The summed E-state index contributed by atoms with van der Waals surface area (Å²) in [6, 6.07) is 5.44. The quantitative estimate of drug-likeness (QED) is 0.386. The molecule has 0 spiro atoms. The van der Waals surface area contributed by atoms with Gasteiger partial charge in [-0.25, -0.2) is 14.2 Å². The Hall–Kier alpha value is -4.53. The van der Waals surface area contributed by atoms with Crippen LogP contribution in [-0.2, 0) is 30.5 Å². The normalized spacial score (nSPS) is 25.0. The zero-order valence-corrected chi connectivity index (χ0v) is 24.8. The molecule has 2 unspecified atom stereocenters. The van der Waals surface area contributed by atoms with Crippen LogP contribution in [0.15, 0.2) is 40.7 Å². The number of aliphatic imine (C=N–C) groups is 1. The zero-order chi connectivity index (χ0) is 31.7. The molecule has 5 heterocycles. The number of ketones is 1. The topological polar surface area (TPSA) is 164 Å². The number of piperazine rings is 1. The number of carbonyl (C=O) groups is 5. The first-order chi connectivity index (χ1) is 21.6. The van der Waals surface area contributed by atoms with Crippen LogP contribution in [0, 0.1) is 11.7 Å². The predicted molar refractivity (Wildman–Crippen MR) is 156 cm³/mol. The number of aliphatic hydroxyl groups excluding tert-OH is 1. The van der Waals surface area contributed by atoms with Crippen molar-refractivity contribution in [3.05, 3.63) is 47.1 Å². The van der Waals surface area contributed by atoms with Crippen LogP contribution in [0.5, 0.6) is 0 Å². The van der Waals surface area contributed by atoms with E-state index in [1.807, 2.05) is 0 Å². The van der Waals surface area contributed by atoms with Gasteiger partial charge in [-0.2, -0.15) is 0 Å². The van der Waals surface area contributed by atoms with Gasteiger partial charge >= 0.3 is 17.8 Å². The standard InChI is InChI=1S/C30H36FN7O7/c31-21-3-1-19(2-4-21)16-32-25(41)24-22(39)18-38-17-20-5-6-30(23(40)15-20,28(38)33-24)34-26(42)27(43)35-7-9-36(10-8-35)29(44)37-11-13-45-14-12-37/h1-4,20,39H,5-18H2,(H,32,41)(H,34,42). The summed E-state index contributed by atoms with van der Waals surface area (Å²) in [5, 5.41) is 16.1. The molecule has 1 aromatic rings. The van der Waals surface area contributed by atoms with E-state index in [9.17, 15) is 33.5 Å². The fraction of sp³-hybridized carbons (Fsp3) is 0.533. The molecular weight excluding hydrogens is 589 g/mol. The van der Waals surface area contributed by atoms with Crippen LogP contribution >= 0.6 is 0 Å². The lowest BCUT2D eigenvalue weighted by atomic mass is 9.76. The molecule has 7 rings (SSSR count). The van der Waals surface area contributed by atoms with Gasteiger partial charge < -0.3 is 40.1 Å². The van der Waals surface area contributed by atoms with Crippen molar-refractivity contribution in [2.75, 3.05) is 65.6 Å². The highest BCUT2D eigenvalue weighted by molar-refractivity contribution is 6.37. The molecule has 240 valence electrons. The SMILES string of the molecule is O=C(NC12CCC(CC1=O)CN1CC(O)=C(C(=O)NCc3ccc(F)cc3)N=C12)C(=O)N1CCN(C(=O)N2CCOCC2)CC1. The van der Waals surface area contributed by atoms with Crippen LogP contribution < -0.4 is 10.6 Å². The minimum atomic E-state index is -1.64. The fourth-order valence-electron chi connectivity index (χ4n) is 6.58. The van der Waals surface area contributed by atoms with Crippen molar-refractivity contribution >= 4 is 35.4 Å². The van der Waals surface area contributed by atoms with Gasteiger partial charge in [0.2, 0.25) is 0 Å². The molecule has 1 aromatic carbocycles. The molecule has 14 nitrogen and oxygen atoms in total. The molecule has 1 saturated carbocycles. The highest BCUT2D eigenvalue weighted by Gasteiger charge is 2.55. The summed E-state index contributed by atoms with van der Waals surface area (Å²) in [6.45, 7) is 3.16. The number of urea groups is 1. The molecule has 1 aliphatic carbocycles. The van der Waals surface area contributed by atoms with Crippen LogP contribution in [0.1, 0.15) is 24.8 Å². The van der Waals surface area contributed by atoms with Gasteiger partial charge in [-0.05, 0) is 36.5 Å². The molecule has 15 heteroatoms. The number of hydrogen-bond acceptors (Lipinski definition) is 9. The van der Waals surface area contributed by atoms with Gasteiger partial charge in [-0.1, -0.05) is 12.1 Å². The van der Waals surface area contributed by atoms with Crippen molar-refractivity contribution < 1.29 is 38.2 Å². The van der Waals surface area contributed by atoms with E-state index >= 15 is 0 Å². The number of ether oxygens (including phenoxy) is 1. The first kappa shape index (κ1) is 30.5. The largest absolute Gasteiger partial charge is 0.508 e. The lowest BCUT2D eigenvalue weighted by Crippen LogP contribution is -2.66. The summed E-state index contributed by atoms with van der Waals surface area (Å²) in [4.78, 5) is 77.2. The number of aliphatic hydroxyl groups is 1. The second-order valence-corrected chi connectivity index (χ2v) is 12.0. The minimum Gasteiger partial charge on any atom is -0.508 e. The Labute approximate surface area is 258 Å². The molecule has 2 atom stereocenters. The minimum absolute atomic E-state index is 0.0373. The first-order valence-electron chi connectivity index (χ1n) is 15.2. The molecule has 6 aliphatic rings. The number of halogens is 1. The number of hydrogen-bond donors (Lipinski definition) is 3. The summed E-state index contributed by atoms with van der Waals surface area (Å²) >= 11 is 0. The number of Topliss-reactive ketones (excluding diaryl/α,β-unsaturated/α-hetero) is 1. The number of nitrogens with one attached hydrogen (secondary N) is 2. The van der Waals surface area contributed by atoms with Crippen molar-refractivity contribution in [3.8, 4) is 0 Å². The third kappa shape index (κ3) is 6.08. The van der Waals surface area contributed by atoms with Gasteiger partial charge in [0.05, 0.1) is 19.8 Å². The fourth-order valence-corrected chi connectivity index (χ4v) is 6.58. The molecule has 2 bridgehead atoms. The molecule has 5 fully saturated rings. The van der Waals surface area contributed by atoms with Gasteiger partial charge in [0.15, 0.2) is 17.0 Å². The van der Waals surface area contributed by atoms with E-state index in [-0.39, 0.29) is 87.1 Å². The number of morpholine rings is 1. The molecule has 5 aliphatic heterocycles. The first-order valence-corrected chi connectivity index (χ1v) is 15.2. The van der Waals surface area contributed by atoms with Crippen molar-refractivity contribution in [2.24, 2.45) is 10.9 Å². The van der Waals surface area contributed by atoms with Crippen LogP contribution in [0.25, 0.3) is 0 Å². The average Bonchev–Trinajstić information content (AvgIpc) is 3.26. The Kier molecular flexibility index (Phi) is 8.44. The maximum Gasteiger partial charge on any atom is 0.320 e. The molecule has 0 radical (unpaired) electrons. The second-order valence-electron chi connectivity index (χ2n) is 12.0. The van der Waals surface area contributed by atoms with Gasteiger partial charge in [0.25, 0.3) is 5.91 Å². The number of fused-ring (bicyclic) bond motifs is 2. The van der Waals surface area contributed by atoms with E-state index in [1.54, 1.807) is 14.7 Å². The highest BCUT2D eigenvalue weighted by Crippen LogP contribution is 2.38.